The molecule has 3 heteroatoms. The second-order valence-corrected chi connectivity index (χ2v) is 6.03. The molecule has 0 spiro atoms. The van der Waals surface area contributed by atoms with Crippen molar-refractivity contribution < 1.29 is 4.39 Å². The molecule has 1 atom stereocenters. The minimum Gasteiger partial charge on any atom is -0.316 e. The lowest BCUT2D eigenvalue weighted by Gasteiger charge is -2.16. The van der Waals surface area contributed by atoms with E-state index in [-0.39, 0.29) is 5.82 Å². The van der Waals surface area contributed by atoms with Gasteiger partial charge >= 0.3 is 0 Å². The van der Waals surface area contributed by atoms with Gasteiger partial charge in [0, 0.05) is 16.7 Å². The van der Waals surface area contributed by atoms with Crippen molar-refractivity contribution in [2.45, 2.75) is 24.3 Å². The molecular weight excluding hydrogens is 269 g/mol. The van der Waals surface area contributed by atoms with E-state index in [0.29, 0.717) is 6.04 Å². The van der Waals surface area contributed by atoms with Gasteiger partial charge in [0.1, 0.15) is 5.82 Å². The number of likely N-dealkylation sites (N-methyl/N-ethyl adjacent to an activating group) is 1. The van der Waals surface area contributed by atoms with Crippen molar-refractivity contribution >= 4 is 11.8 Å². The molecular formula is C17H20FNS. The Hall–Kier alpha value is -1.32. The smallest absolute Gasteiger partial charge is 0.123 e. The van der Waals surface area contributed by atoms with Crippen LogP contribution in [0.2, 0.25) is 0 Å². The Balaban J connectivity index is 1.88. The van der Waals surface area contributed by atoms with Gasteiger partial charge in [-0.3, -0.25) is 0 Å². The van der Waals surface area contributed by atoms with Gasteiger partial charge in [-0.15, -0.1) is 11.8 Å². The van der Waals surface area contributed by atoms with Crippen molar-refractivity contribution in [3.63, 3.8) is 0 Å². The third-order valence-electron chi connectivity index (χ3n) is 3.28. The number of aryl methyl sites for hydroxylation is 1. The fraction of sp³-hybridized carbons (Fsp3) is 0.294. The summed E-state index contributed by atoms with van der Waals surface area (Å²) >= 11 is 1.76. The van der Waals surface area contributed by atoms with Crippen LogP contribution in [-0.4, -0.2) is 18.8 Å². The topological polar surface area (TPSA) is 12.0 Å². The van der Waals surface area contributed by atoms with E-state index >= 15 is 0 Å². The monoisotopic (exact) mass is 289 g/mol. The van der Waals surface area contributed by atoms with E-state index in [2.05, 4.69) is 36.5 Å². The maximum absolute atomic E-state index is 12.9. The van der Waals surface area contributed by atoms with Crippen LogP contribution >= 0.6 is 11.8 Å². The lowest BCUT2D eigenvalue weighted by Crippen LogP contribution is -2.30. The van der Waals surface area contributed by atoms with E-state index in [4.69, 9.17) is 0 Å². The Labute approximate surface area is 124 Å². The van der Waals surface area contributed by atoms with Gasteiger partial charge < -0.3 is 5.32 Å². The molecule has 2 aromatic rings. The van der Waals surface area contributed by atoms with Gasteiger partial charge in [-0.2, -0.15) is 0 Å². The maximum atomic E-state index is 12.9. The molecule has 2 rings (SSSR count). The quantitative estimate of drug-likeness (QED) is 0.805. The first-order valence-corrected chi connectivity index (χ1v) is 7.77. The van der Waals surface area contributed by atoms with E-state index in [0.717, 1.165) is 17.1 Å². The number of benzene rings is 2. The highest BCUT2D eigenvalue weighted by molar-refractivity contribution is 7.99. The summed E-state index contributed by atoms with van der Waals surface area (Å²) in [6.07, 6.45) is 1.00. The average molecular weight is 289 g/mol. The second kappa shape index (κ2) is 7.46. The Morgan fingerprint density at radius 3 is 2.30 bits per heavy atom. The summed E-state index contributed by atoms with van der Waals surface area (Å²) in [6, 6.07) is 15.8. The average Bonchev–Trinajstić information content (AvgIpc) is 2.47. The molecule has 0 saturated carbocycles. The van der Waals surface area contributed by atoms with E-state index in [9.17, 15) is 4.39 Å². The molecule has 1 nitrogen and oxygen atoms in total. The van der Waals surface area contributed by atoms with Crippen molar-refractivity contribution in [1.82, 2.24) is 5.32 Å². The van der Waals surface area contributed by atoms with Crippen molar-refractivity contribution in [3.8, 4) is 0 Å². The van der Waals surface area contributed by atoms with Crippen LogP contribution in [0, 0.1) is 12.7 Å². The van der Waals surface area contributed by atoms with Crippen LogP contribution in [0.25, 0.3) is 0 Å². The fourth-order valence-corrected chi connectivity index (χ4v) is 2.99. The van der Waals surface area contributed by atoms with Crippen LogP contribution in [0.3, 0.4) is 0 Å². The van der Waals surface area contributed by atoms with Crippen LogP contribution in [0.15, 0.2) is 53.4 Å². The van der Waals surface area contributed by atoms with Gasteiger partial charge in [0.2, 0.25) is 0 Å². The van der Waals surface area contributed by atoms with Crippen LogP contribution in [-0.2, 0) is 6.42 Å². The standard InChI is InChI=1S/C17H20FNS/c1-13-3-5-14(6-4-13)11-16(19-2)12-20-17-9-7-15(18)8-10-17/h3-10,16,19H,11-12H2,1-2H3. The zero-order chi connectivity index (χ0) is 14.4. The highest BCUT2D eigenvalue weighted by atomic mass is 32.2. The van der Waals surface area contributed by atoms with Gasteiger partial charge in [-0.05, 0) is 50.2 Å². The normalized spacial score (nSPS) is 12.3. The summed E-state index contributed by atoms with van der Waals surface area (Å²) in [5.41, 5.74) is 2.63. The fourth-order valence-electron chi connectivity index (χ4n) is 1.98. The molecule has 0 aliphatic rings. The zero-order valence-electron chi connectivity index (χ0n) is 11.9. The Bertz CT molecular complexity index is 522. The van der Waals surface area contributed by atoms with Crippen LogP contribution < -0.4 is 5.32 Å². The first-order valence-electron chi connectivity index (χ1n) is 6.78. The number of thioether (sulfide) groups is 1. The van der Waals surface area contributed by atoms with Gasteiger partial charge in [0.25, 0.3) is 0 Å². The second-order valence-electron chi connectivity index (χ2n) is 4.94. The molecule has 0 bridgehead atoms. The molecule has 0 amide bonds. The van der Waals surface area contributed by atoms with Gasteiger partial charge in [-0.25, -0.2) is 4.39 Å². The van der Waals surface area contributed by atoms with E-state index in [1.54, 1.807) is 11.8 Å². The predicted molar refractivity (Wildman–Crippen MR) is 84.9 cm³/mol. The molecule has 0 saturated heterocycles. The molecule has 1 unspecified atom stereocenters. The summed E-state index contributed by atoms with van der Waals surface area (Å²) in [4.78, 5) is 1.11. The van der Waals surface area contributed by atoms with E-state index in [1.807, 2.05) is 19.2 Å². The largest absolute Gasteiger partial charge is 0.316 e. The molecule has 2 aromatic carbocycles. The minimum absolute atomic E-state index is 0.181. The van der Waals surface area contributed by atoms with Crippen LogP contribution in [0.5, 0.6) is 0 Å². The zero-order valence-corrected chi connectivity index (χ0v) is 12.7. The van der Waals surface area contributed by atoms with Crippen molar-refractivity contribution in [2.75, 3.05) is 12.8 Å². The summed E-state index contributed by atoms with van der Waals surface area (Å²) in [6.45, 7) is 2.10. The predicted octanol–water partition coefficient (Wildman–Crippen LogP) is 4.06. The van der Waals surface area contributed by atoms with Gasteiger partial charge in [0.15, 0.2) is 0 Å². The highest BCUT2D eigenvalue weighted by Gasteiger charge is 2.08. The molecule has 0 radical (unpaired) electrons. The highest BCUT2D eigenvalue weighted by Crippen LogP contribution is 2.20. The molecule has 0 aliphatic carbocycles. The van der Waals surface area contributed by atoms with E-state index < -0.39 is 0 Å². The first kappa shape index (κ1) is 15.1. The van der Waals surface area contributed by atoms with Gasteiger partial charge in [0.05, 0.1) is 0 Å². The number of halogens is 1. The summed E-state index contributed by atoms with van der Waals surface area (Å²) in [5.74, 6) is 0.787. The summed E-state index contributed by atoms with van der Waals surface area (Å²) in [5, 5.41) is 3.35. The Morgan fingerprint density at radius 1 is 1.05 bits per heavy atom. The number of nitrogens with one attached hydrogen (secondary N) is 1. The van der Waals surface area contributed by atoms with E-state index in [1.165, 1.54) is 23.3 Å². The third kappa shape index (κ3) is 4.66. The molecule has 0 aliphatic heterocycles. The summed E-state index contributed by atoms with van der Waals surface area (Å²) < 4.78 is 12.9. The van der Waals surface area contributed by atoms with Crippen LogP contribution in [0.4, 0.5) is 4.39 Å². The van der Waals surface area contributed by atoms with Gasteiger partial charge in [-0.1, -0.05) is 29.8 Å². The third-order valence-corrected chi connectivity index (χ3v) is 4.45. The Kier molecular flexibility index (Phi) is 5.62. The van der Waals surface area contributed by atoms with Crippen LogP contribution in [0.1, 0.15) is 11.1 Å². The maximum Gasteiger partial charge on any atom is 0.123 e. The molecule has 1 N–H and O–H groups in total. The SMILES string of the molecule is CNC(CSc1ccc(F)cc1)Cc1ccc(C)cc1. The Morgan fingerprint density at radius 2 is 1.70 bits per heavy atom. The molecule has 106 valence electrons. The lowest BCUT2D eigenvalue weighted by atomic mass is 10.1. The number of hydrogen-bond acceptors (Lipinski definition) is 2. The lowest BCUT2D eigenvalue weighted by molar-refractivity contribution is 0.616. The molecule has 0 heterocycles. The van der Waals surface area contributed by atoms with Crippen molar-refractivity contribution in [3.05, 3.63) is 65.5 Å². The number of hydrogen-bond donors (Lipinski definition) is 1. The molecule has 0 fully saturated rings. The summed E-state index contributed by atoms with van der Waals surface area (Å²) in [7, 11) is 1.99. The minimum atomic E-state index is -0.181. The first-order chi connectivity index (χ1) is 9.67. The number of rotatable bonds is 6. The van der Waals surface area contributed by atoms with Crippen molar-refractivity contribution in [2.24, 2.45) is 0 Å². The van der Waals surface area contributed by atoms with Crippen molar-refractivity contribution in [1.29, 1.82) is 0 Å². The molecule has 20 heavy (non-hydrogen) atoms. The molecule has 0 aromatic heterocycles.